The molecule has 35 heavy (non-hydrogen) atoms. The molecule has 1 aromatic rings. The smallest absolute Gasteiger partial charge is 0.339 e. The average Bonchev–Trinajstić information content (AvgIpc) is 2.82. The van der Waals surface area contributed by atoms with E-state index in [1.807, 2.05) is 6.07 Å². The van der Waals surface area contributed by atoms with E-state index in [1.165, 1.54) is 0 Å². The van der Waals surface area contributed by atoms with E-state index >= 15 is 0 Å². The second-order valence-corrected chi connectivity index (χ2v) is 8.15. The van der Waals surface area contributed by atoms with Crippen molar-refractivity contribution in [2.24, 2.45) is 0 Å². The molecule has 1 aromatic carbocycles. The van der Waals surface area contributed by atoms with E-state index in [1.54, 1.807) is 45.0 Å². The summed E-state index contributed by atoms with van der Waals surface area (Å²) in [5.41, 5.74) is 0.703. The van der Waals surface area contributed by atoms with E-state index in [4.69, 9.17) is 23.7 Å². The summed E-state index contributed by atoms with van der Waals surface area (Å²) in [7, 11) is 0. The molecule has 10 nitrogen and oxygen atoms in total. The monoisotopic (exact) mass is 494 g/mol. The van der Waals surface area contributed by atoms with Gasteiger partial charge in [0.05, 0.1) is 0 Å². The van der Waals surface area contributed by atoms with E-state index in [-0.39, 0.29) is 25.9 Å². The van der Waals surface area contributed by atoms with Crippen LogP contribution in [0.2, 0.25) is 0 Å². The Balaban J connectivity index is 2.34. The van der Waals surface area contributed by atoms with Crippen LogP contribution in [0.3, 0.4) is 0 Å². The van der Waals surface area contributed by atoms with E-state index in [9.17, 15) is 24.3 Å². The lowest BCUT2D eigenvalue weighted by Crippen LogP contribution is -2.63. The van der Waals surface area contributed by atoms with Crippen molar-refractivity contribution in [1.82, 2.24) is 0 Å². The second kappa shape index (κ2) is 14.4. The SMILES string of the molecule is CCCC(=O)O[C@H]1[C@H](OC(=O)CCC)[C@@H](OC(=O)CCC)C(O)O[C@@H]1C(=O)OCc1ccccc1. The van der Waals surface area contributed by atoms with Gasteiger partial charge in [0.1, 0.15) is 6.61 Å². The van der Waals surface area contributed by atoms with Crippen LogP contribution < -0.4 is 0 Å². The molecule has 0 radical (unpaired) electrons. The van der Waals surface area contributed by atoms with Crippen LogP contribution in [-0.4, -0.2) is 59.7 Å². The lowest BCUT2D eigenvalue weighted by Gasteiger charge is -2.42. The number of benzene rings is 1. The first-order valence-corrected chi connectivity index (χ1v) is 11.9. The number of carbonyl (C=O) groups is 4. The van der Waals surface area contributed by atoms with Crippen LogP contribution in [0, 0.1) is 0 Å². The molecule has 2 rings (SSSR count). The molecule has 1 saturated heterocycles. The standard InChI is InChI=1S/C25H34O10/c1-4-10-17(26)32-20-21(33-18(27)11-5-2)23(34-19(28)12-6-3)25(30)35-22(20)24(29)31-15-16-13-8-7-9-14-16/h7-9,13-14,20-23,25,30H,4-6,10-12,15H2,1-3H3/t20-,21-,22-,23+,25?/m0/s1. The molecular weight excluding hydrogens is 460 g/mol. The Kier molecular flexibility index (Phi) is 11.6. The van der Waals surface area contributed by atoms with Gasteiger partial charge in [-0.25, -0.2) is 4.79 Å². The molecular formula is C25H34O10. The molecule has 1 N–H and O–H groups in total. The van der Waals surface area contributed by atoms with Crippen molar-refractivity contribution in [3.05, 3.63) is 35.9 Å². The maximum Gasteiger partial charge on any atom is 0.339 e. The predicted molar refractivity (Wildman–Crippen MR) is 121 cm³/mol. The number of ether oxygens (including phenoxy) is 5. The van der Waals surface area contributed by atoms with Gasteiger partial charge in [-0.15, -0.1) is 0 Å². The fraction of sp³-hybridized carbons (Fsp3) is 0.600. The van der Waals surface area contributed by atoms with Gasteiger partial charge >= 0.3 is 23.9 Å². The molecule has 1 aliphatic heterocycles. The number of rotatable bonds is 12. The van der Waals surface area contributed by atoms with Crippen LogP contribution in [-0.2, 0) is 49.5 Å². The lowest BCUT2D eigenvalue weighted by molar-refractivity contribution is -0.291. The maximum atomic E-state index is 13.0. The Morgan fingerprint density at radius 1 is 0.771 bits per heavy atom. The lowest BCUT2D eigenvalue weighted by atomic mass is 9.97. The molecule has 1 heterocycles. The molecule has 1 unspecified atom stereocenters. The molecule has 0 aromatic heterocycles. The summed E-state index contributed by atoms with van der Waals surface area (Å²) in [6.07, 6.45) is -6.42. The van der Waals surface area contributed by atoms with Crippen molar-refractivity contribution in [2.75, 3.05) is 0 Å². The first kappa shape index (κ1) is 28.3. The van der Waals surface area contributed by atoms with Crippen LogP contribution in [0.5, 0.6) is 0 Å². The summed E-state index contributed by atoms with van der Waals surface area (Å²) in [6.45, 7) is 5.20. The number of aliphatic hydroxyl groups is 1. The van der Waals surface area contributed by atoms with E-state index < -0.39 is 54.6 Å². The topological polar surface area (TPSA) is 135 Å². The highest BCUT2D eigenvalue weighted by Gasteiger charge is 2.54. The third kappa shape index (κ3) is 8.63. The minimum absolute atomic E-state index is 0.0285. The van der Waals surface area contributed by atoms with Gasteiger partial charge in [-0.1, -0.05) is 51.1 Å². The highest BCUT2D eigenvalue weighted by molar-refractivity contribution is 5.78. The molecule has 1 fully saturated rings. The summed E-state index contributed by atoms with van der Waals surface area (Å²) in [4.78, 5) is 49.9. The number of aliphatic hydroxyl groups excluding tert-OH is 1. The third-order valence-corrected chi connectivity index (χ3v) is 5.13. The summed E-state index contributed by atoms with van der Waals surface area (Å²) in [5.74, 6) is -2.94. The largest absolute Gasteiger partial charge is 0.459 e. The van der Waals surface area contributed by atoms with Crippen molar-refractivity contribution in [3.8, 4) is 0 Å². The van der Waals surface area contributed by atoms with Gasteiger partial charge in [-0.3, -0.25) is 14.4 Å². The highest BCUT2D eigenvalue weighted by Crippen LogP contribution is 2.29. The van der Waals surface area contributed by atoms with Gasteiger partial charge < -0.3 is 28.8 Å². The van der Waals surface area contributed by atoms with Crippen LogP contribution in [0.1, 0.15) is 64.9 Å². The average molecular weight is 495 g/mol. The van der Waals surface area contributed by atoms with Gasteiger partial charge in [0.2, 0.25) is 0 Å². The third-order valence-electron chi connectivity index (χ3n) is 5.13. The van der Waals surface area contributed by atoms with Crippen LogP contribution in [0.4, 0.5) is 0 Å². The van der Waals surface area contributed by atoms with Gasteiger partial charge in [0, 0.05) is 19.3 Å². The summed E-state index contributed by atoms with van der Waals surface area (Å²) in [5, 5.41) is 10.6. The minimum Gasteiger partial charge on any atom is -0.459 e. The van der Waals surface area contributed by atoms with Crippen molar-refractivity contribution in [2.45, 2.75) is 96.6 Å². The number of hydrogen-bond acceptors (Lipinski definition) is 10. The number of esters is 4. The van der Waals surface area contributed by atoms with Crippen molar-refractivity contribution in [3.63, 3.8) is 0 Å². The van der Waals surface area contributed by atoms with Crippen molar-refractivity contribution >= 4 is 23.9 Å². The Morgan fingerprint density at radius 3 is 1.77 bits per heavy atom. The number of hydrogen-bond donors (Lipinski definition) is 1. The van der Waals surface area contributed by atoms with Gasteiger partial charge in [0.25, 0.3) is 0 Å². The van der Waals surface area contributed by atoms with Crippen LogP contribution >= 0.6 is 0 Å². The molecule has 0 bridgehead atoms. The van der Waals surface area contributed by atoms with Crippen molar-refractivity contribution in [1.29, 1.82) is 0 Å². The van der Waals surface area contributed by atoms with Gasteiger partial charge in [0.15, 0.2) is 30.7 Å². The fourth-order valence-corrected chi connectivity index (χ4v) is 3.46. The molecule has 0 aliphatic carbocycles. The zero-order valence-electron chi connectivity index (χ0n) is 20.3. The normalized spacial score (nSPS) is 23.7. The quantitative estimate of drug-likeness (QED) is 0.341. The first-order valence-electron chi connectivity index (χ1n) is 11.9. The summed E-state index contributed by atoms with van der Waals surface area (Å²) in [6, 6.07) is 8.86. The molecule has 194 valence electrons. The zero-order valence-corrected chi connectivity index (χ0v) is 20.3. The zero-order chi connectivity index (χ0) is 25.8. The Hall–Kier alpha value is -2.98. The Morgan fingerprint density at radius 2 is 1.26 bits per heavy atom. The second-order valence-electron chi connectivity index (χ2n) is 8.15. The van der Waals surface area contributed by atoms with Crippen LogP contribution in [0.25, 0.3) is 0 Å². The highest BCUT2D eigenvalue weighted by atomic mass is 16.7. The molecule has 0 spiro atoms. The van der Waals surface area contributed by atoms with E-state index in [2.05, 4.69) is 0 Å². The van der Waals surface area contributed by atoms with Crippen LogP contribution in [0.15, 0.2) is 30.3 Å². The summed E-state index contributed by atoms with van der Waals surface area (Å²) < 4.78 is 27.1. The first-order chi connectivity index (χ1) is 16.8. The molecule has 0 amide bonds. The molecule has 1 aliphatic rings. The predicted octanol–water partition coefficient (Wildman–Crippen LogP) is 2.58. The Bertz CT molecular complexity index is 840. The van der Waals surface area contributed by atoms with Gasteiger partial charge in [-0.2, -0.15) is 0 Å². The van der Waals surface area contributed by atoms with Crippen molar-refractivity contribution < 1.29 is 48.0 Å². The maximum absolute atomic E-state index is 13.0. The summed E-state index contributed by atoms with van der Waals surface area (Å²) >= 11 is 0. The van der Waals surface area contributed by atoms with Gasteiger partial charge in [-0.05, 0) is 24.8 Å². The molecule has 5 atom stereocenters. The minimum atomic E-state index is -1.83. The molecule has 0 saturated carbocycles. The fourth-order valence-electron chi connectivity index (χ4n) is 3.46. The van der Waals surface area contributed by atoms with E-state index in [0.29, 0.717) is 24.8 Å². The number of carbonyl (C=O) groups excluding carboxylic acids is 4. The molecule has 10 heteroatoms. The Labute approximate surface area is 204 Å². The van der Waals surface area contributed by atoms with E-state index in [0.717, 1.165) is 0 Å².